The van der Waals surface area contributed by atoms with Crippen LogP contribution in [-0.4, -0.2) is 46.9 Å². The number of nitrogens with zero attached hydrogens (tertiary/aromatic N) is 5. The van der Waals surface area contributed by atoms with Crippen LogP contribution in [-0.2, 0) is 13.6 Å². The van der Waals surface area contributed by atoms with Gasteiger partial charge in [-0.2, -0.15) is 0 Å². The molecule has 1 aromatic carbocycles. The van der Waals surface area contributed by atoms with Crippen molar-refractivity contribution in [2.45, 2.75) is 58.5 Å². The molecule has 172 valence electrons. The molecule has 2 unspecified atom stereocenters. The highest BCUT2D eigenvalue weighted by Gasteiger charge is 2.19. The fourth-order valence-electron chi connectivity index (χ4n) is 3.98. The molecule has 8 heteroatoms. The highest BCUT2D eigenvalue weighted by atomic mass is 127. The average Bonchev–Trinajstić information content (AvgIpc) is 3.07. The zero-order valence-corrected chi connectivity index (χ0v) is 21.7. The lowest BCUT2D eigenvalue weighted by molar-refractivity contribution is 0.324. The smallest absolute Gasteiger partial charge is 0.191 e. The predicted octanol–water partition coefficient (Wildman–Crippen LogP) is 3.88. The quantitative estimate of drug-likeness (QED) is 0.231. The second kappa shape index (κ2) is 12.9. The molecule has 2 aromatic rings. The van der Waals surface area contributed by atoms with Crippen LogP contribution in [0.25, 0.3) is 0 Å². The van der Waals surface area contributed by atoms with Crippen LogP contribution in [0, 0.1) is 12.8 Å². The SMILES string of the molecule is Cc1nnc(CN=C(NCCCN(C)c2ccccc2)NC2CCCC(C)C2)n1C.I. The lowest BCUT2D eigenvalue weighted by Crippen LogP contribution is -2.45. The van der Waals surface area contributed by atoms with Gasteiger partial charge in [-0.1, -0.05) is 38.0 Å². The minimum absolute atomic E-state index is 0. The first-order valence-electron chi connectivity index (χ1n) is 11.2. The highest BCUT2D eigenvalue weighted by molar-refractivity contribution is 14.0. The third-order valence-corrected chi connectivity index (χ3v) is 6.00. The van der Waals surface area contributed by atoms with Gasteiger partial charge in [-0.05, 0) is 44.2 Å². The standard InChI is InChI=1S/C23H37N7.HI/c1-18-10-8-11-20(16-18)26-23(25-17-22-28-27-19(2)30(22)4)24-14-9-15-29(3)21-12-6-5-7-13-21;/h5-7,12-13,18,20H,8-11,14-17H2,1-4H3,(H2,24,25,26);1H. The van der Waals surface area contributed by atoms with Crippen LogP contribution in [0.1, 0.15) is 50.7 Å². The third kappa shape index (κ3) is 7.97. The number of aryl methyl sites for hydroxylation is 1. The van der Waals surface area contributed by atoms with E-state index in [9.17, 15) is 0 Å². The Balaban J connectivity index is 0.00000341. The fourth-order valence-corrected chi connectivity index (χ4v) is 3.98. The summed E-state index contributed by atoms with van der Waals surface area (Å²) in [5.41, 5.74) is 1.25. The molecule has 2 N–H and O–H groups in total. The molecule has 0 saturated heterocycles. The van der Waals surface area contributed by atoms with E-state index >= 15 is 0 Å². The molecule has 3 rings (SSSR count). The Bertz CT molecular complexity index is 806. The number of rotatable bonds is 8. The minimum atomic E-state index is 0. The van der Waals surface area contributed by atoms with Crippen molar-refractivity contribution in [3.8, 4) is 0 Å². The predicted molar refractivity (Wildman–Crippen MR) is 139 cm³/mol. The average molecular weight is 540 g/mol. The summed E-state index contributed by atoms with van der Waals surface area (Å²) in [6.45, 7) is 6.71. The number of nitrogens with one attached hydrogen (secondary N) is 2. The number of halogens is 1. The Kier molecular flexibility index (Phi) is 10.6. The molecule has 1 aliphatic rings. The number of guanidine groups is 1. The molecule has 0 spiro atoms. The molecule has 0 radical (unpaired) electrons. The van der Waals surface area contributed by atoms with Crippen LogP contribution in [0.3, 0.4) is 0 Å². The van der Waals surface area contributed by atoms with Crippen LogP contribution in [0.4, 0.5) is 5.69 Å². The molecule has 1 heterocycles. The van der Waals surface area contributed by atoms with E-state index in [2.05, 4.69) is 70.0 Å². The van der Waals surface area contributed by atoms with Crippen molar-refractivity contribution < 1.29 is 0 Å². The molecule has 0 amide bonds. The van der Waals surface area contributed by atoms with Gasteiger partial charge in [-0.25, -0.2) is 4.99 Å². The van der Waals surface area contributed by atoms with Gasteiger partial charge in [0.1, 0.15) is 12.4 Å². The molecule has 1 aliphatic carbocycles. The fraction of sp³-hybridized carbons (Fsp3) is 0.609. The van der Waals surface area contributed by atoms with E-state index in [1.54, 1.807) is 0 Å². The van der Waals surface area contributed by atoms with Crippen LogP contribution >= 0.6 is 24.0 Å². The summed E-state index contributed by atoms with van der Waals surface area (Å²) in [4.78, 5) is 7.11. The van der Waals surface area contributed by atoms with Crippen molar-refractivity contribution in [3.05, 3.63) is 42.0 Å². The molecule has 1 aromatic heterocycles. The summed E-state index contributed by atoms with van der Waals surface area (Å²) in [6, 6.07) is 11.0. The van der Waals surface area contributed by atoms with E-state index in [0.717, 1.165) is 43.0 Å². The van der Waals surface area contributed by atoms with Gasteiger partial charge in [0.2, 0.25) is 0 Å². The summed E-state index contributed by atoms with van der Waals surface area (Å²) in [5, 5.41) is 15.6. The number of hydrogen-bond acceptors (Lipinski definition) is 4. The van der Waals surface area contributed by atoms with Crippen LogP contribution in [0.15, 0.2) is 35.3 Å². The number of benzene rings is 1. The molecule has 31 heavy (non-hydrogen) atoms. The number of aliphatic imine (C=N–C) groups is 1. The number of aromatic nitrogens is 3. The van der Waals surface area contributed by atoms with Gasteiger partial charge < -0.3 is 20.1 Å². The summed E-state index contributed by atoms with van der Waals surface area (Å²) >= 11 is 0. The molecule has 1 fully saturated rings. The minimum Gasteiger partial charge on any atom is -0.375 e. The van der Waals surface area contributed by atoms with Crippen LogP contribution < -0.4 is 15.5 Å². The van der Waals surface area contributed by atoms with E-state index in [4.69, 9.17) is 4.99 Å². The third-order valence-electron chi connectivity index (χ3n) is 6.00. The van der Waals surface area contributed by atoms with Crippen molar-refractivity contribution in [2.24, 2.45) is 18.0 Å². The monoisotopic (exact) mass is 539 g/mol. The zero-order valence-electron chi connectivity index (χ0n) is 19.3. The molecule has 7 nitrogen and oxygen atoms in total. The summed E-state index contributed by atoms with van der Waals surface area (Å²) in [6.07, 6.45) is 6.08. The Hall–Kier alpha value is -1.84. The lowest BCUT2D eigenvalue weighted by atomic mass is 9.87. The van der Waals surface area contributed by atoms with Gasteiger partial charge >= 0.3 is 0 Å². The molecular weight excluding hydrogens is 501 g/mol. The van der Waals surface area contributed by atoms with E-state index in [1.165, 1.54) is 31.4 Å². The van der Waals surface area contributed by atoms with Gasteiger partial charge in [0, 0.05) is 38.9 Å². The van der Waals surface area contributed by atoms with Crippen LogP contribution in [0.2, 0.25) is 0 Å². The molecule has 2 atom stereocenters. The maximum atomic E-state index is 4.82. The number of para-hydroxylation sites is 1. The van der Waals surface area contributed by atoms with Crippen molar-refractivity contribution >= 4 is 35.6 Å². The van der Waals surface area contributed by atoms with Crippen molar-refractivity contribution in [3.63, 3.8) is 0 Å². The summed E-state index contributed by atoms with van der Waals surface area (Å²) in [7, 11) is 4.13. The highest BCUT2D eigenvalue weighted by Crippen LogP contribution is 2.23. The largest absolute Gasteiger partial charge is 0.375 e. The maximum Gasteiger partial charge on any atom is 0.191 e. The Labute approximate surface area is 204 Å². The van der Waals surface area contributed by atoms with E-state index in [1.807, 2.05) is 18.5 Å². The molecular formula is C23H38IN7. The maximum absolute atomic E-state index is 4.82. The van der Waals surface area contributed by atoms with Gasteiger partial charge in [0.15, 0.2) is 11.8 Å². The Morgan fingerprint density at radius 3 is 2.68 bits per heavy atom. The Morgan fingerprint density at radius 1 is 1.23 bits per heavy atom. The van der Waals surface area contributed by atoms with Crippen molar-refractivity contribution in [1.82, 2.24) is 25.4 Å². The first-order chi connectivity index (χ1) is 14.5. The zero-order chi connectivity index (χ0) is 21.3. The van der Waals surface area contributed by atoms with E-state index in [0.29, 0.717) is 12.6 Å². The van der Waals surface area contributed by atoms with Crippen LogP contribution in [0.5, 0.6) is 0 Å². The van der Waals surface area contributed by atoms with Gasteiger partial charge in [-0.15, -0.1) is 34.2 Å². The molecule has 1 saturated carbocycles. The van der Waals surface area contributed by atoms with Gasteiger partial charge in [0.25, 0.3) is 0 Å². The summed E-state index contributed by atoms with van der Waals surface area (Å²) in [5.74, 6) is 3.46. The second-order valence-corrected chi connectivity index (χ2v) is 8.54. The normalized spacial score (nSPS) is 18.9. The molecule has 0 aliphatic heterocycles. The first-order valence-corrected chi connectivity index (χ1v) is 11.2. The van der Waals surface area contributed by atoms with E-state index in [-0.39, 0.29) is 24.0 Å². The topological polar surface area (TPSA) is 70.4 Å². The van der Waals surface area contributed by atoms with Gasteiger partial charge in [0.05, 0.1) is 0 Å². The number of hydrogen-bond donors (Lipinski definition) is 2. The lowest BCUT2D eigenvalue weighted by Gasteiger charge is -2.29. The Morgan fingerprint density at radius 2 is 2.00 bits per heavy atom. The van der Waals surface area contributed by atoms with Crippen molar-refractivity contribution in [1.29, 1.82) is 0 Å². The van der Waals surface area contributed by atoms with Gasteiger partial charge in [-0.3, -0.25) is 0 Å². The second-order valence-electron chi connectivity index (χ2n) is 8.54. The van der Waals surface area contributed by atoms with E-state index < -0.39 is 0 Å². The number of anilines is 1. The first kappa shape index (κ1) is 25.4. The molecule has 0 bridgehead atoms. The van der Waals surface area contributed by atoms with Crippen molar-refractivity contribution in [2.75, 3.05) is 25.0 Å². The summed E-state index contributed by atoms with van der Waals surface area (Å²) < 4.78 is 2.00.